The minimum absolute atomic E-state index is 1.12. The standard InChI is InChI=1S/C17H27/c1-3-4-5-6-7-8-9-10-11-17-14-12-16(2)13-15-17/h12-15H,2-11H2,1H3. The Hall–Kier alpha value is -0.780. The van der Waals surface area contributed by atoms with Gasteiger partial charge >= 0.3 is 0 Å². The lowest BCUT2D eigenvalue weighted by Crippen LogP contribution is -1.86. The van der Waals surface area contributed by atoms with Crippen molar-refractivity contribution in [2.24, 2.45) is 0 Å². The Balaban J connectivity index is 1.95. The highest BCUT2D eigenvalue weighted by Crippen LogP contribution is 2.11. The van der Waals surface area contributed by atoms with E-state index >= 15 is 0 Å². The fraction of sp³-hybridized carbons (Fsp3) is 0.588. The molecule has 1 rings (SSSR count). The molecule has 0 aromatic heterocycles. The Morgan fingerprint density at radius 1 is 0.765 bits per heavy atom. The van der Waals surface area contributed by atoms with Gasteiger partial charge in [-0.25, -0.2) is 0 Å². The van der Waals surface area contributed by atoms with E-state index < -0.39 is 0 Å². The van der Waals surface area contributed by atoms with Crippen molar-refractivity contribution < 1.29 is 0 Å². The molecule has 0 atom stereocenters. The van der Waals surface area contributed by atoms with Crippen LogP contribution >= 0.6 is 0 Å². The lowest BCUT2D eigenvalue weighted by atomic mass is 10.0. The minimum Gasteiger partial charge on any atom is -0.0654 e. The van der Waals surface area contributed by atoms with E-state index in [0.717, 1.165) is 5.56 Å². The lowest BCUT2D eigenvalue weighted by molar-refractivity contribution is 0.575. The average molecular weight is 231 g/mol. The number of unbranched alkanes of at least 4 members (excludes halogenated alkanes) is 7. The molecule has 0 spiro atoms. The molecule has 0 unspecified atom stereocenters. The maximum atomic E-state index is 3.91. The van der Waals surface area contributed by atoms with Gasteiger partial charge in [-0.2, -0.15) is 0 Å². The average Bonchev–Trinajstić information content (AvgIpc) is 2.35. The van der Waals surface area contributed by atoms with E-state index in [2.05, 4.69) is 38.1 Å². The van der Waals surface area contributed by atoms with Crippen molar-refractivity contribution in [3.05, 3.63) is 42.3 Å². The second kappa shape index (κ2) is 9.27. The van der Waals surface area contributed by atoms with Crippen molar-refractivity contribution in [3.8, 4) is 0 Å². The first-order valence-corrected chi connectivity index (χ1v) is 7.24. The molecule has 0 heteroatoms. The second-order valence-corrected chi connectivity index (χ2v) is 5.04. The summed E-state index contributed by atoms with van der Waals surface area (Å²) in [4.78, 5) is 0. The molecule has 0 aliphatic heterocycles. The molecule has 0 saturated carbocycles. The lowest BCUT2D eigenvalue weighted by Gasteiger charge is -2.03. The highest BCUT2D eigenvalue weighted by Gasteiger charge is 1.94. The Bertz CT molecular complexity index is 271. The van der Waals surface area contributed by atoms with Crippen molar-refractivity contribution >= 4 is 0 Å². The van der Waals surface area contributed by atoms with E-state index in [9.17, 15) is 0 Å². The molecule has 0 amide bonds. The number of aryl methyl sites for hydroxylation is 1. The minimum atomic E-state index is 1.12. The summed E-state index contributed by atoms with van der Waals surface area (Å²) < 4.78 is 0. The van der Waals surface area contributed by atoms with E-state index in [-0.39, 0.29) is 0 Å². The van der Waals surface area contributed by atoms with E-state index in [0.29, 0.717) is 0 Å². The van der Waals surface area contributed by atoms with E-state index in [1.165, 1.54) is 63.4 Å². The van der Waals surface area contributed by atoms with Gasteiger partial charge in [0, 0.05) is 0 Å². The van der Waals surface area contributed by atoms with Gasteiger partial charge in [0.2, 0.25) is 0 Å². The van der Waals surface area contributed by atoms with Crippen LogP contribution in [-0.4, -0.2) is 0 Å². The number of benzene rings is 1. The smallest absolute Gasteiger partial charge is 0.0238 e. The summed E-state index contributed by atoms with van der Waals surface area (Å²) in [5.74, 6) is 0. The van der Waals surface area contributed by atoms with Crippen molar-refractivity contribution in [2.45, 2.75) is 64.7 Å². The molecule has 1 radical (unpaired) electrons. The fourth-order valence-corrected chi connectivity index (χ4v) is 2.17. The van der Waals surface area contributed by atoms with Gasteiger partial charge in [0.15, 0.2) is 0 Å². The van der Waals surface area contributed by atoms with Crippen LogP contribution in [0.4, 0.5) is 0 Å². The Labute approximate surface area is 107 Å². The maximum Gasteiger partial charge on any atom is -0.0238 e. The van der Waals surface area contributed by atoms with Crippen LogP contribution in [0.5, 0.6) is 0 Å². The second-order valence-electron chi connectivity index (χ2n) is 5.04. The van der Waals surface area contributed by atoms with Gasteiger partial charge in [0.05, 0.1) is 0 Å². The summed E-state index contributed by atoms with van der Waals surface area (Å²) in [6.45, 7) is 6.18. The SMILES string of the molecule is [CH2]c1ccc(CCCCCCCCCC)cc1. The Morgan fingerprint density at radius 3 is 1.88 bits per heavy atom. The van der Waals surface area contributed by atoms with Crippen LogP contribution < -0.4 is 0 Å². The normalized spacial score (nSPS) is 10.7. The molecule has 0 N–H and O–H groups in total. The highest BCUT2D eigenvalue weighted by atomic mass is 14.0. The van der Waals surface area contributed by atoms with Crippen LogP contribution in [0.2, 0.25) is 0 Å². The Morgan fingerprint density at radius 2 is 1.29 bits per heavy atom. The monoisotopic (exact) mass is 231 g/mol. The molecule has 1 aromatic rings. The first-order chi connectivity index (χ1) is 8.33. The molecule has 17 heavy (non-hydrogen) atoms. The zero-order valence-electron chi connectivity index (χ0n) is 11.4. The third kappa shape index (κ3) is 7.20. The molecule has 0 fully saturated rings. The molecule has 0 saturated heterocycles. The van der Waals surface area contributed by atoms with Crippen LogP contribution in [0.1, 0.15) is 69.4 Å². The van der Waals surface area contributed by atoms with Crippen LogP contribution in [0, 0.1) is 6.92 Å². The van der Waals surface area contributed by atoms with E-state index in [1.54, 1.807) is 0 Å². The third-order valence-corrected chi connectivity index (χ3v) is 3.34. The molecular weight excluding hydrogens is 204 g/mol. The van der Waals surface area contributed by atoms with Crippen LogP contribution in [0.3, 0.4) is 0 Å². The zero-order valence-corrected chi connectivity index (χ0v) is 11.4. The third-order valence-electron chi connectivity index (χ3n) is 3.34. The summed E-state index contributed by atoms with van der Waals surface area (Å²) in [6.07, 6.45) is 12.4. The first kappa shape index (κ1) is 14.3. The van der Waals surface area contributed by atoms with Crippen molar-refractivity contribution in [3.63, 3.8) is 0 Å². The van der Waals surface area contributed by atoms with Gasteiger partial charge in [-0.05, 0) is 30.9 Å². The summed E-state index contributed by atoms with van der Waals surface area (Å²) in [5, 5.41) is 0. The van der Waals surface area contributed by atoms with Gasteiger partial charge in [-0.3, -0.25) is 0 Å². The van der Waals surface area contributed by atoms with Crippen LogP contribution in [0.15, 0.2) is 24.3 Å². The van der Waals surface area contributed by atoms with Crippen molar-refractivity contribution in [1.29, 1.82) is 0 Å². The van der Waals surface area contributed by atoms with Gasteiger partial charge in [0.25, 0.3) is 0 Å². The van der Waals surface area contributed by atoms with Crippen LogP contribution in [-0.2, 0) is 6.42 Å². The molecular formula is C17H27. The molecule has 0 bridgehead atoms. The topological polar surface area (TPSA) is 0 Å². The zero-order chi connectivity index (χ0) is 12.3. The quantitative estimate of drug-likeness (QED) is 0.489. The maximum absolute atomic E-state index is 3.91. The molecule has 1 aromatic carbocycles. The van der Waals surface area contributed by atoms with Crippen molar-refractivity contribution in [1.82, 2.24) is 0 Å². The summed E-state index contributed by atoms with van der Waals surface area (Å²) in [7, 11) is 0. The highest BCUT2D eigenvalue weighted by molar-refractivity contribution is 5.24. The van der Waals surface area contributed by atoms with Gasteiger partial charge < -0.3 is 0 Å². The summed E-state index contributed by atoms with van der Waals surface area (Å²) in [6, 6.07) is 8.65. The summed E-state index contributed by atoms with van der Waals surface area (Å²) in [5.41, 5.74) is 2.58. The predicted molar refractivity (Wildman–Crippen MR) is 77.2 cm³/mol. The van der Waals surface area contributed by atoms with Gasteiger partial charge in [0.1, 0.15) is 0 Å². The predicted octanol–water partition coefficient (Wildman–Crippen LogP) is 5.55. The molecule has 0 aliphatic rings. The molecule has 0 aliphatic carbocycles. The number of rotatable bonds is 9. The molecule has 0 nitrogen and oxygen atoms in total. The van der Waals surface area contributed by atoms with Gasteiger partial charge in [-0.15, -0.1) is 0 Å². The molecule has 95 valence electrons. The van der Waals surface area contributed by atoms with Crippen LogP contribution in [0.25, 0.3) is 0 Å². The number of hydrogen-bond acceptors (Lipinski definition) is 0. The summed E-state index contributed by atoms with van der Waals surface area (Å²) >= 11 is 0. The van der Waals surface area contributed by atoms with E-state index in [4.69, 9.17) is 0 Å². The molecule has 0 heterocycles. The first-order valence-electron chi connectivity index (χ1n) is 7.24. The number of hydrogen-bond donors (Lipinski definition) is 0. The van der Waals surface area contributed by atoms with Crippen molar-refractivity contribution in [2.75, 3.05) is 0 Å². The Kier molecular flexibility index (Phi) is 7.79. The van der Waals surface area contributed by atoms with E-state index in [1.807, 2.05) is 0 Å². The van der Waals surface area contributed by atoms with Gasteiger partial charge in [-0.1, -0.05) is 76.1 Å². The largest absolute Gasteiger partial charge is 0.0654 e. The fourth-order valence-electron chi connectivity index (χ4n) is 2.17.